The highest BCUT2D eigenvalue weighted by atomic mass is 32.2. The van der Waals surface area contributed by atoms with Crippen molar-refractivity contribution in [2.45, 2.75) is 45.1 Å². The maximum Gasteiger partial charge on any atom is 0.236 e. The number of piperidine rings is 2. The van der Waals surface area contributed by atoms with Gasteiger partial charge in [0.1, 0.15) is 0 Å². The molecule has 2 aliphatic heterocycles. The fourth-order valence-electron chi connectivity index (χ4n) is 3.64. The van der Waals surface area contributed by atoms with E-state index in [9.17, 15) is 4.79 Å². The van der Waals surface area contributed by atoms with Gasteiger partial charge >= 0.3 is 0 Å². The number of fused-ring (bicyclic) bond motifs is 1. The van der Waals surface area contributed by atoms with Crippen molar-refractivity contribution >= 4 is 34.1 Å². The second-order valence-electron chi connectivity index (χ2n) is 6.34. The predicted octanol–water partition coefficient (Wildman–Crippen LogP) is 3.39. The SMILES string of the molecule is Cc1cnc(NC(=O)CSC[C@@H]2CCCN3CCCC[C@H]23)s1. The normalized spacial score (nSPS) is 25.7. The van der Waals surface area contributed by atoms with Crippen LogP contribution in [0.1, 0.15) is 37.0 Å². The number of anilines is 1. The van der Waals surface area contributed by atoms with E-state index in [4.69, 9.17) is 0 Å². The van der Waals surface area contributed by atoms with Crippen LogP contribution in [0.4, 0.5) is 5.13 Å². The Hall–Kier alpha value is -0.590. The first-order valence-electron chi connectivity index (χ1n) is 8.26. The minimum absolute atomic E-state index is 0.0793. The number of aromatic nitrogens is 1. The number of nitrogens with zero attached hydrogens (tertiary/aromatic N) is 2. The molecule has 0 spiro atoms. The van der Waals surface area contributed by atoms with Crippen molar-refractivity contribution in [1.82, 2.24) is 9.88 Å². The summed E-state index contributed by atoms with van der Waals surface area (Å²) < 4.78 is 0. The molecule has 1 aromatic heterocycles. The van der Waals surface area contributed by atoms with Gasteiger partial charge in [0.25, 0.3) is 0 Å². The summed E-state index contributed by atoms with van der Waals surface area (Å²) in [4.78, 5) is 20.0. The van der Waals surface area contributed by atoms with Gasteiger partial charge < -0.3 is 10.2 Å². The molecule has 0 saturated carbocycles. The fraction of sp³-hybridized carbons (Fsp3) is 0.750. The molecular weight excluding hydrogens is 314 g/mol. The molecule has 22 heavy (non-hydrogen) atoms. The van der Waals surface area contributed by atoms with Crippen LogP contribution in [0.25, 0.3) is 0 Å². The Morgan fingerprint density at radius 1 is 1.41 bits per heavy atom. The largest absolute Gasteiger partial charge is 0.301 e. The number of thiazole rings is 1. The molecule has 2 fully saturated rings. The molecule has 0 aromatic carbocycles. The number of carbonyl (C=O) groups excluding carboxylic acids is 1. The molecule has 0 unspecified atom stereocenters. The van der Waals surface area contributed by atoms with E-state index in [1.807, 2.05) is 6.92 Å². The lowest BCUT2D eigenvalue weighted by Gasteiger charge is -2.44. The van der Waals surface area contributed by atoms with Crippen LogP contribution in [0.15, 0.2) is 6.20 Å². The molecule has 2 atom stereocenters. The predicted molar refractivity (Wildman–Crippen MR) is 94.7 cm³/mol. The quantitative estimate of drug-likeness (QED) is 0.893. The molecule has 0 radical (unpaired) electrons. The van der Waals surface area contributed by atoms with Gasteiger partial charge in [-0.25, -0.2) is 4.98 Å². The van der Waals surface area contributed by atoms with E-state index in [2.05, 4.69) is 15.2 Å². The molecule has 6 heteroatoms. The lowest BCUT2D eigenvalue weighted by atomic mass is 9.85. The maximum absolute atomic E-state index is 12.0. The van der Waals surface area contributed by atoms with E-state index in [1.165, 1.54) is 56.5 Å². The molecule has 1 N–H and O–H groups in total. The minimum Gasteiger partial charge on any atom is -0.301 e. The second kappa shape index (κ2) is 7.79. The highest BCUT2D eigenvalue weighted by Gasteiger charge is 2.32. The average molecular weight is 340 g/mol. The summed E-state index contributed by atoms with van der Waals surface area (Å²) in [6.45, 7) is 4.58. The molecule has 0 bridgehead atoms. The van der Waals surface area contributed by atoms with Crippen molar-refractivity contribution in [3.8, 4) is 0 Å². The number of nitrogens with one attached hydrogen (secondary N) is 1. The smallest absolute Gasteiger partial charge is 0.236 e. The van der Waals surface area contributed by atoms with Gasteiger partial charge in [-0.15, -0.1) is 11.3 Å². The third-order valence-corrected chi connectivity index (χ3v) is 6.62. The summed E-state index contributed by atoms with van der Waals surface area (Å²) in [5.41, 5.74) is 0. The molecule has 2 saturated heterocycles. The number of hydrogen-bond acceptors (Lipinski definition) is 5. The molecule has 3 rings (SSSR count). The molecule has 3 heterocycles. The van der Waals surface area contributed by atoms with Gasteiger partial charge in [0.15, 0.2) is 5.13 Å². The Balaban J connectivity index is 1.41. The van der Waals surface area contributed by atoms with Crippen molar-refractivity contribution in [2.75, 3.05) is 29.9 Å². The number of carbonyl (C=O) groups is 1. The third kappa shape index (κ3) is 4.24. The van der Waals surface area contributed by atoms with Gasteiger partial charge in [0.05, 0.1) is 5.75 Å². The van der Waals surface area contributed by atoms with E-state index >= 15 is 0 Å². The lowest BCUT2D eigenvalue weighted by Crippen LogP contribution is -2.48. The first-order chi connectivity index (χ1) is 10.7. The Kier molecular flexibility index (Phi) is 5.77. The standard InChI is InChI=1S/C16H25N3OS2/c1-12-9-17-16(22-12)18-15(20)11-21-10-13-5-4-8-19-7-3-2-6-14(13)19/h9,13-14H,2-8,10-11H2,1H3,(H,17,18,20)/t13-,14+/m0/s1. The number of thioether (sulfide) groups is 1. The van der Waals surface area contributed by atoms with Gasteiger partial charge in [0, 0.05) is 17.1 Å². The summed E-state index contributed by atoms with van der Waals surface area (Å²) in [6, 6.07) is 0.777. The number of aryl methyl sites for hydroxylation is 1. The van der Waals surface area contributed by atoms with Crippen LogP contribution in [0.5, 0.6) is 0 Å². The summed E-state index contributed by atoms with van der Waals surface area (Å²) >= 11 is 3.32. The molecule has 1 aromatic rings. The van der Waals surface area contributed by atoms with E-state index in [1.54, 1.807) is 18.0 Å². The van der Waals surface area contributed by atoms with E-state index in [-0.39, 0.29) is 5.91 Å². The molecule has 4 nitrogen and oxygen atoms in total. The number of rotatable bonds is 5. The molecular formula is C16H25N3OS2. The van der Waals surface area contributed by atoms with Crippen molar-refractivity contribution in [3.05, 3.63) is 11.1 Å². The van der Waals surface area contributed by atoms with Crippen molar-refractivity contribution < 1.29 is 4.79 Å². The zero-order chi connectivity index (χ0) is 15.4. The van der Waals surface area contributed by atoms with Crippen LogP contribution in [0.2, 0.25) is 0 Å². The first kappa shape index (κ1) is 16.3. The summed E-state index contributed by atoms with van der Waals surface area (Å²) in [5, 5.41) is 3.62. The van der Waals surface area contributed by atoms with Crippen LogP contribution in [-0.2, 0) is 4.79 Å². The molecule has 122 valence electrons. The molecule has 0 aliphatic carbocycles. The highest BCUT2D eigenvalue weighted by molar-refractivity contribution is 7.99. The molecule has 2 aliphatic rings. The minimum atomic E-state index is 0.0793. The zero-order valence-corrected chi connectivity index (χ0v) is 14.8. The van der Waals surface area contributed by atoms with Crippen molar-refractivity contribution in [3.63, 3.8) is 0 Å². The monoisotopic (exact) mass is 339 g/mol. The Morgan fingerprint density at radius 2 is 2.27 bits per heavy atom. The van der Waals surface area contributed by atoms with Crippen molar-refractivity contribution in [2.24, 2.45) is 5.92 Å². The summed E-state index contributed by atoms with van der Waals surface area (Å²) in [5.74, 6) is 2.51. The van der Waals surface area contributed by atoms with Crippen LogP contribution < -0.4 is 5.32 Å². The summed E-state index contributed by atoms with van der Waals surface area (Å²) in [6.07, 6.45) is 8.56. The summed E-state index contributed by atoms with van der Waals surface area (Å²) in [7, 11) is 0. The Morgan fingerprint density at radius 3 is 3.09 bits per heavy atom. The van der Waals surface area contributed by atoms with E-state index in [0.717, 1.165) is 27.7 Å². The topological polar surface area (TPSA) is 45.2 Å². The Labute approximate surface area is 141 Å². The van der Waals surface area contributed by atoms with Crippen LogP contribution in [0, 0.1) is 12.8 Å². The van der Waals surface area contributed by atoms with Gasteiger partial charge in [-0.2, -0.15) is 11.8 Å². The van der Waals surface area contributed by atoms with E-state index in [0.29, 0.717) is 5.75 Å². The van der Waals surface area contributed by atoms with Gasteiger partial charge in [-0.1, -0.05) is 6.42 Å². The van der Waals surface area contributed by atoms with Crippen LogP contribution in [0.3, 0.4) is 0 Å². The van der Waals surface area contributed by atoms with Gasteiger partial charge in [-0.3, -0.25) is 4.79 Å². The van der Waals surface area contributed by atoms with Gasteiger partial charge in [-0.05, 0) is 57.4 Å². The van der Waals surface area contributed by atoms with Crippen molar-refractivity contribution in [1.29, 1.82) is 0 Å². The highest BCUT2D eigenvalue weighted by Crippen LogP contribution is 2.32. The fourth-order valence-corrected chi connectivity index (χ4v) is 5.39. The first-order valence-corrected chi connectivity index (χ1v) is 10.2. The second-order valence-corrected chi connectivity index (χ2v) is 8.61. The molecule has 1 amide bonds. The van der Waals surface area contributed by atoms with Crippen LogP contribution >= 0.6 is 23.1 Å². The number of hydrogen-bond donors (Lipinski definition) is 1. The third-order valence-electron chi connectivity index (χ3n) is 4.66. The lowest BCUT2D eigenvalue weighted by molar-refractivity contribution is -0.113. The zero-order valence-electron chi connectivity index (χ0n) is 13.2. The Bertz CT molecular complexity index is 503. The van der Waals surface area contributed by atoms with Crippen LogP contribution in [-0.4, -0.2) is 46.4 Å². The average Bonchev–Trinajstić information content (AvgIpc) is 2.92. The van der Waals surface area contributed by atoms with Gasteiger partial charge in [0.2, 0.25) is 5.91 Å². The number of amides is 1. The van der Waals surface area contributed by atoms with E-state index < -0.39 is 0 Å². The maximum atomic E-state index is 12.0.